The highest BCUT2D eigenvalue weighted by atomic mass is 16.5. The van der Waals surface area contributed by atoms with Crippen LogP contribution in [0.25, 0.3) is 0 Å². The van der Waals surface area contributed by atoms with Gasteiger partial charge in [-0.1, -0.05) is 137 Å². The van der Waals surface area contributed by atoms with Crippen LogP contribution in [0.3, 0.4) is 0 Å². The van der Waals surface area contributed by atoms with Crippen molar-refractivity contribution < 1.29 is 4.74 Å². The zero-order chi connectivity index (χ0) is 20.7. The smallest absolute Gasteiger partial charge is 0.0577 e. The summed E-state index contributed by atoms with van der Waals surface area (Å²) in [6.07, 6.45) is 28.4. The minimum atomic E-state index is 0.513. The van der Waals surface area contributed by atoms with Gasteiger partial charge in [-0.25, -0.2) is 0 Å². The summed E-state index contributed by atoms with van der Waals surface area (Å²) < 4.78 is 6.28. The van der Waals surface area contributed by atoms with E-state index in [-0.39, 0.29) is 0 Å². The van der Waals surface area contributed by atoms with Gasteiger partial charge in [0.15, 0.2) is 0 Å². The Morgan fingerprint density at radius 3 is 1.32 bits per heavy atom. The van der Waals surface area contributed by atoms with Gasteiger partial charge in [-0.3, -0.25) is 0 Å². The van der Waals surface area contributed by atoms with Crippen LogP contribution in [0.15, 0.2) is 0 Å². The SMILES string of the molecule is CCCCCCCCCCCCCOC(CCCCCCCCC)CC(C)C. The molecule has 1 nitrogen and oxygen atoms in total. The van der Waals surface area contributed by atoms with Gasteiger partial charge in [0.2, 0.25) is 0 Å². The predicted molar refractivity (Wildman–Crippen MR) is 128 cm³/mol. The molecule has 0 spiro atoms. The molecule has 0 amide bonds. The molecule has 0 aromatic carbocycles. The van der Waals surface area contributed by atoms with E-state index in [1.54, 1.807) is 0 Å². The Hall–Kier alpha value is -0.0400. The van der Waals surface area contributed by atoms with E-state index < -0.39 is 0 Å². The van der Waals surface area contributed by atoms with Gasteiger partial charge < -0.3 is 4.74 Å². The van der Waals surface area contributed by atoms with Gasteiger partial charge in [-0.05, 0) is 25.2 Å². The molecule has 0 aliphatic heterocycles. The minimum Gasteiger partial charge on any atom is -0.378 e. The summed E-state index contributed by atoms with van der Waals surface area (Å²) in [7, 11) is 0. The van der Waals surface area contributed by atoms with Crippen LogP contribution in [0.1, 0.15) is 156 Å². The Balaban J connectivity index is 3.51. The molecule has 28 heavy (non-hydrogen) atoms. The van der Waals surface area contributed by atoms with Crippen LogP contribution < -0.4 is 0 Å². The topological polar surface area (TPSA) is 9.23 Å². The maximum Gasteiger partial charge on any atom is 0.0577 e. The Bertz CT molecular complexity index is 273. The standard InChI is InChI=1S/C27H56O/c1-5-7-9-11-13-14-15-16-18-20-22-24-28-27(25-26(3)4)23-21-19-17-12-10-8-6-2/h26-27H,5-25H2,1-4H3. The molecule has 170 valence electrons. The summed E-state index contributed by atoms with van der Waals surface area (Å²) >= 11 is 0. The normalized spacial score (nSPS) is 12.8. The molecular formula is C27H56O. The molecule has 0 N–H and O–H groups in total. The van der Waals surface area contributed by atoms with Crippen molar-refractivity contribution in [3.05, 3.63) is 0 Å². The number of hydrogen-bond donors (Lipinski definition) is 0. The van der Waals surface area contributed by atoms with Gasteiger partial charge >= 0.3 is 0 Å². The van der Waals surface area contributed by atoms with Crippen molar-refractivity contribution in [3.8, 4) is 0 Å². The summed E-state index contributed by atoms with van der Waals surface area (Å²) in [5.74, 6) is 0.756. The molecule has 0 aromatic rings. The second-order valence-electron chi connectivity index (χ2n) is 9.57. The third-order valence-electron chi connectivity index (χ3n) is 5.97. The van der Waals surface area contributed by atoms with Crippen LogP contribution in [-0.4, -0.2) is 12.7 Å². The van der Waals surface area contributed by atoms with E-state index in [2.05, 4.69) is 27.7 Å². The minimum absolute atomic E-state index is 0.513. The Morgan fingerprint density at radius 2 is 0.893 bits per heavy atom. The number of rotatable bonds is 23. The van der Waals surface area contributed by atoms with E-state index in [0.717, 1.165) is 12.5 Å². The lowest BCUT2D eigenvalue weighted by Crippen LogP contribution is -2.16. The molecular weight excluding hydrogens is 340 g/mol. The Labute approximate surface area is 179 Å². The van der Waals surface area contributed by atoms with Gasteiger partial charge in [0.1, 0.15) is 0 Å². The molecule has 0 aliphatic carbocycles. The van der Waals surface area contributed by atoms with Gasteiger partial charge in [-0.15, -0.1) is 0 Å². The second kappa shape index (κ2) is 23.2. The first kappa shape index (κ1) is 28.0. The highest BCUT2D eigenvalue weighted by molar-refractivity contribution is 4.62. The van der Waals surface area contributed by atoms with Gasteiger partial charge in [0.05, 0.1) is 6.10 Å². The van der Waals surface area contributed by atoms with E-state index in [9.17, 15) is 0 Å². The first-order chi connectivity index (χ1) is 13.7. The lowest BCUT2D eigenvalue weighted by Gasteiger charge is -2.20. The summed E-state index contributed by atoms with van der Waals surface area (Å²) in [5, 5.41) is 0. The van der Waals surface area contributed by atoms with E-state index in [1.165, 1.54) is 128 Å². The molecule has 1 heteroatoms. The highest BCUT2D eigenvalue weighted by Crippen LogP contribution is 2.18. The van der Waals surface area contributed by atoms with Gasteiger partial charge in [-0.2, -0.15) is 0 Å². The molecule has 0 fully saturated rings. The van der Waals surface area contributed by atoms with Crippen molar-refractivity contribution in [2.45, 2.75) is 162 Å². The zero-order valence-corrected chi connectivity index (χ0v) is 20.4. The quantitative estimate of drug-likeness (QED) is 0.156. The van der Waals surface area contributed by atoms with Crippen LogP contribution in [0.2, 0.25) is 0 Å². The number of ether oxygens (including phenoxy) is 1. The maximum atomic E-state index is 6.28. The predicted octanol–water partition coefficient (Wildman–Crippen LogP) is 9.87. The highest BCUT2D eigenvalue weighted by Gasteiger charge is 2.11. The van der Waals surface area contributed by atoms with Crippen LogP contribution in [-0.2, 0) is 4.74 Å². The number of unbranched alkanes of at least 4 members (excludes halogenated alkanes) is 16. The van der Waals surface area contributed by atoms with E-state index in [4.69, 9.17) is 4.74 Å². The van der Waals surface area contributed by atoms with Crippen molar-refractivity contribution in [3.63, 3.8) is 0 Å². The fourth-order valence-electron chi connectivity index (χ4n) is 4.14. The first-order valence-electron chi connectivity index (χ1n) is 13.3. The molecule has 1 unspecified atom stereocenters. The summed E-state index contributed by atoms with van der Waals surface area (Å²) in [6, 6.07) is 0. The molecule has 1 atom stereocenters. The van der Waals surface area contributed by atoms with Crippen LogP contribution in [0.4, 0.5) is 0 Å². The molecule has 0 aliphatic rings. The Kier molecular flexibility index (Phi) is 23.2. The summed E-state index contributed by atoms with van der Waals surface area (Å²) in [4.78, 5) is 0. The van der Waals surface area contributed by atoms with Crippen LogP contribution in [0, 0.1) is 5.92 Å². The fraction of sp³-hybridized carbons (Fsp3) is 1.00. The summed E-state index contributed by atoms with van der Waals surface area (Å²) in [6.45, 7) is 10.3. The van der Waals surface area contributed by atoms with Gasteiger partial charge in [0, 0.05) is 6.61 Å². The third-order valence-corrected chi connectivity index (χ3v) is 5.97. The largest absolute Gasteiger partial charge is 0.378 e. The third kappa shape index (κ3) is 22.3. The maximum absolute atomic E-state index is 6.28. The Morgan fingerprint density at radius 1 is 0.500 bits per heavy atom. The zero-order valence-electron chi connectivity index (χ0n) is 20.4. The number of hydrogen-bond acceptors (Lipinski definition) is 1. The van der Waals surface area contributed by atoms with E-state index in [1.807, 2.05) is 0 Å². The van der Waals surface area contributed by atoms with Crippen molar-refractivity contribution in [1.82, 2.24) is 0 Å². The lowest BCUT2D eigenvalue weighted by molar-refractivity contribution is 0.0295. The van der Waals surface area contributed by atoms with Crippen molar-refractivity contribution in [1.29, 1.82) is 0 Å². The molecule has 0 aromatic heterocycles. The summed E-state index contributed by atoms with van der Waals surface area (Å²) in [5.41, 5.74) is 0. The van der Waals surface area contributed by atoms with Crippen molar-refractivity contribution in [2.75, 3.05) is 6.61 Å². The average Bonchev–Trinajstić information content (AvgIpc) is 2.67. The molecule has 0 saturated heterocycles. The molecule has 0 heterocycles. The van der Waals surface area contributed by atoms with Crippen molar-refractivity contribution >= 4 is 0 Å². The molecule has 0 bridgehead atoms. The van der Waals surface area contributed by atoms with Gasteiger partial charge in [0.25, 0.3) is 0 Å². The lowest BCUT2D eigenvalue weighted by atomic mass is 10.00. The van der Waals surface area contributed by atoms with Crippen LogP contribution in [0.5, 0.6) is 0 Å². The first-order valence-corrected chi connectivity index (χ1v) is 13.3. The molecule has 0 radical (unpaired) electrons. The van der Waals surface area contributed by atoms with E-state index >= 15 is 0 Å². The average molecular weight is 397 g/mol. The van der Waals surface area contributed by atoms with E-state index in [0.29, 0.717) is 6.10 Å². The van der Waals surface area contributed by atoms with Crippen molar-refractivity contribution in [2.24, 2.45) is 5.92 Å². The molecule has 0 saturated carbocycles. The van der Waals surface area contributed by atoms with Crippen LogP contribution >= 0.6 is 0 Å². The molecule has 0 rings (SSSR count). The second-order valence-corrected chi connectivity index (χ2v) is 9.57. The monoisotopic (exact) mass is 396 g/mol. The fourth-order valence-corrected chi connectivity index (χ4v) is 4.14.